The quantitative estimate of drug-likeness (QED) is 0.393. The second-order valence-electron chi connectivity index (χ2n) is 4.22. The van der Waals surface area contributed by atoms with E-state index in [9.17, 15) is 4.79 Å². The van der Waals surface area contributed by atoms with Gasteiger partial charge in [-0.25, -0.2) is 5.84 Å². The fourth-order valence-corrected chi connectivity index (χ4v) is 2.03. The zero-order valence-corrected chi connectivity index (χ0v) is 8.96. The molecule has 0 aliphatic carbocycles. The first-order chi connectivity index (χ1) is 6.72. The van der Waals surface area contributed by atoms with Crippen LogP contribution in [0.15, 0.2) is 0 Å². The molecule has 1 aliphatic rings. The molecule has 0 aromatic rings. The summed E-state index contributed by atoms with van der Waals surface area (Å²) < 4.78 is 0. The number of nitrogens with two attached hydrogens (primary N) is 1. The second-order valence-corrected chi connectivity index (χ2v) is 4.22. The molecule has 14 heavy (non-hydrogen) atoms. The highest BCUT2D eigenvalue weighted by Gasteiger charge is 2.15. The van der Waals surface area contributed by atoms with Crippen LogP contribution in [0.4, 0.5) is 0 Å². The molecule has 0 aromatic heterocycles. The van der Waals surface area contributed by atoms with Crippen LogP contribution in [0.2, 0.25) is 0 Å². The monoisotopic (exact) mass is 199 g/mol. The largest absolute Gasteiger partial charge is 0.303 e. The minimum atomic E-state index is -0.0601. The fraction of sp³-hybridized carbons (Fsp3) is 0.900. The molecule has 0 aromatic carbocycles. The number of carbonyl (C=O) groups excluding carboxylic acids is 1. The van der Waals surface area contributed by atoms with Crippen molar-refractivity contribution in [3.63, 3.8) is 0 Å². The number of nitrogens with zero attached hydrogens (tertiary/aromatic N) is 1. The molecule has 1 heterocycles. The number of piperidine rings is 1. The number of likely N-dealkylation sites (tertiary alicyclic amines) is 1. The maximum Gasteiger partial charge on any atom is 0.233 e. The second kappa shape index (κ2) is 5.98. The van der Waals surface area contributed by atoms with Gasteiger partial charge >= 0.3 is 0 Å². The van der Waals surface area contributed by atoms with Crippen LogP contribution < -0.4 is 11.3 Å². The third kappa shape index (κ3) is 4.07. The molecule has 1 atom stereocenters. The first-order valence-electron chi connectivity index (χ1n) is 5.44. The predicted molar refractivity (Wildman–Crippen MR) is 56.4 cm³/mol. The molecular weight excluding hydrogens is 178 g/mol. The van der Waals surface area contributed by atoms with Gasteiger partial charge in [0, 0.05) is 13.0 Å². The van der Waals surface area contributed by atoms with Crippen LogP contribution in [0.3, 0.4) is 0 Å². The number of amides is 1. The van der Waals surface area contributed by atoms with Gasteiger partial charge in [0.25, 0.3) is 0 Å². The maximum absolute atomic E-state index is 10.9. The van der Waals surface area contributed by atoms with Crippen molar-refractivity contribution in [3.8, 4) is 0 Å². The lowest BCUT2D eigenvalue weighted by Crippen LogP contribution is -2.36. The summed E-state index contributed by atoms with van der Waals surface area (Å²) in [6, 6.07) is 0. The Labute approximate surface area is 85.8 Å². The van der Waals surface area contributed by atoms with E-state index in [1.165, 1.54) is 25.9 Å². The van der Waals surface area contributed by atoms with Gasteiger partial charge in [-0.2, -0.15) is 0 Å². The Kier molecular flexibility index (Phi) is 4.90. The van der Waals surface area contributed by atoms with E-state index in [4.69, 9.17) is 5.84 Å². The average Bonchev–Trinajstić information content (AvgIpc) is 2.17. The van der Waals surface area contributed by atoms with Crippen molar-refractivity contribution < 1.29 is 4.79 Å². The molecule has 1 aliphatic heterocycles. The van der Waals surface area contributed by atoms with E-state index in [1.807, 2.05) is 0 Å². The Morgan fingerprint density at radius 1 is 1.64 bits per heavy atom. The van der Waals surface area contributed by atoms with Crippen molar-refractivity contribution in [3.05, 3.63) is 0 Å². The lowest BCUT2D eigenvalue weighted by Gasteiger charge is -2.30. The van der Waals surface area contributed by atoms with Crippen molar-refractivity contribution in [1.29, 1.82) is 0 Å². The SMILES string of the molecule is CC1CCCN(CCCC(=O)NN)C1. The number of nitrogens with one attached hydrogen (secondary N) is 1. The Morgan fingerprint density at radius 2 is 2.43 bits per heavy atom. The number of hydrogen-bond donors (Lipinski definition) is 2. The molecule has 0 radical (unpaired) electrons. The van der Waals surface area contributed by atoms with Gasteiger partial charge in [0.1, 0.15) is 0 Å². The van der Waals surface area contributed by atoms with Gasteiger partial charge < -0.3 is 4.90 Å². The standard InChI is InChI=1S/C10H21N3O/c1-9-4-2-6-13(8-9)7-3-5-10(14)12-11/h9H,2-8,11H2,1H3,(H,12,14). The van der Waals surface area contributed by atoms with Crippen LogP contribution in [-0.2, 0) is 4.79 Å². The predicted octanol–water partition coefficient (Wildman–Crippen LogP) is 0.488. The summed E-state index contributed by atoms with van der Waals surface area (Å²) in [6.45, 7) is 5.69. The molecule has 0 saturated carbocycles. The number of carbonyl (C=O) groups is 1. The third-order valence-electron chi connectivity index (χ3n) is 2.78. The summed E-state index contributed by atoms with van der Waals surface area (Å²) in [4.78, 5) is 13.3. The zero-order valence-electron chi connectivity index (χ0n) is 8.96. The molecule has 0 spiro atoms. The Morgan fingerprint density at radius 3 is 3.07 bits per heavy atom. The van der Waals surface area contributed by atoms with Crippen LogP contribution >= 0.6 is 0 Å². The van der Waals surface area contributed by atoms with Crippen LogP contribution in [-0.4, -0.2) is 30.4 Å². The molecular formula is C10H21N3O. The van der Waals surface area contributed by atoms with Gasteiger partial charge in [-0.15, -0.1) is 0 Å². The van der Waals surface area contributed by atoms with Crippen molar-refractivity contribution >= 4 is 5.91 Å². The summed E-state index contributed by atoms with van der Waals surface area (Å²) >= 11 is 0. The summed E-state index contributed by atoms with van der Waals surface area (Å²) in [5, 5.41) is 0. The van der Waals surface area contributed by atoms with Gasteiger partial charge in [-0.05, 0) is 38.3 Å². The smallest absolute Gasteiger partial charge is 0.233 e. The van der Waals surface area contributed by atoms with Crippen LogP contribution in [0.5, 0.6) is 0 Å². The van der Waals surface area contributed by atoms with Crippen LogP contribution in [0, 0.1) is 5.92 Å². The molecule has 4 nitrogen and oxygen atoms in total. The molecule has 82 valence electrons. The lowest BCUT2D eigenvalue weighted by atomic mass is 10.0. The lowest BCUT2D eigenvalue weighted by molar-refractivity contribution is -0.121. The number of hydrogen-bond acceptors (Lipinski definition) is 3. The topological polar surface area (TPSA) is 58.4 Å². The number of hydrazine groups is 1. The van der Waals surface area contributed by atoms with E-state index in [0.717, 1.165) is 18.9 Å². The Hall–Kier alpha value is -0.610. The van der Waals surface area contributed by atoms with Gasteiger partial charge in [-0.3, -0.25) is 10.2 Å². The van der Waals surface area contributed by atoms with E-state index >= 15 is 0 Å². The summed E-state index contributed by atoms with van der Waals surface area (Å²) in [5.74, 6) is 5.75. The van der Waals surface area contributed by atoms with Crippen LogP contribution in [0.1, 0.15) is 32.6 Å². The molecule has 1 unspecified atom stereocenters. The van der Waals surface area contributed by atoms with Crippen molar-refractivity contribution in [2.45, 2.75) is 32.6 Å². The third-order valence-corrected chi connectivity index (χ3v) is 2.78. The van der Waals surface area contributed by atoms with Crippen molar-refractivity contribution in [1.82, 2.24) is 10.3 Å². The van der Waals surface area contributed by atoms with E-state index in [1.54, 1.807) is 0 Å². The Bertz CT molecular complexity index is 184. The van der Waals surface area contributed by atoms with Crippen molar-refractivity contribution in [2.75, 3.05) is 19.6 Å². The molecule has 4 heteroatoms. The Balaban J connectivity index is 2.08. The van der Waals surface area contributed by atoms with Gasteiger partial charge in [0.2, 0.25) is 5.91 Å². The van der Waals surface area contributed by atoms with E-state index in [-0.39, 0.29) is 5.91 Å². The minimum absolute atomic E-state index is 0.0601. The normalized spacial score (nSPS) is 23.4. The molecule has 1 saturated heterocycles. The molecule has 1 amide bonds. The van der Waals surface area contributed by atoms with Gasteiger partial charge in [0.05, 0.1) is 0 Å². The highest BCUT2D eigenvalue weighted by molar-refractivity contribution is 5.75. The average molecular weight is 199 g/mol. The molecule has 1 rings (SSSR count). The highest BCUT2D eigenvalue weighted by Crippen LogP contribution is 2.15. The first kappa shape index (κ1) is 11.5. The summed E-state index contributed by atoms with van der Waals surface area (Å²) in [7, 11) is 0. The molecule has 0 bridgehead atoms. The van der Waals surface area contributed by atoms with E-state index in [2.05, 4.69) is 17.2 Å². The first-order valence-corrected chi connectivity index (χ1v) is 5.44. The highest BCUT2D eigenvalue weighted by atomic mass is 16.2. The van der Waals surface area contributed by atoms with Crippen LogP contribution in [0.25, 0.3) is 0 Å². The molecule has 3 N–H and O–H groups in total. The maximum atomic E-state index is 10.9. The van der Waals surface area contributed by atoms with E-state index in [0.29, 0.717) is 6.42 Å². The van der Waals surface area contributed by atoms with E-state index < -0.39 is 0 Å². The summed E-state index contributed by atoms with van der Waals surface area (Å²) in [5.41, 5.74) is 2.15. The fourth-order valence-electron chi connectivity index (χ4n) is 2.03. The summed E-state index contributed by atoms with van der Waals surface area (Å²) in [6.07, 6.45) is 4.10. The number of rotatable bonds is 4. The zero-order chi connectivity index (χ0) is 10.4. The minimum Gasteiger partial charge on any atom is -0.303 e. The van der Waals surface area contributed by atoms with Gasteiger partial charge in [0.15, 0.2) is 0 Å². The van der Waals surface area contributed by atoms with Crippen molar-refractivity contribution in [2.24, 2.45) is 11.8 Å². The van der Waals surface area contributed by atoms with Gasteiger partial charge in [-0.1, -0.05) is 6.92 Å². The molecule has 1 fully saturated rings.